The van der Waals surface area contributed by atoms with Gasteiger partial charge in [-0.1, -0.05) is 47.4 Å². The SMILES string of the molecule is O=C(CCc1nc2ccccc2[nH]1)Nc1nnc(SCc2cccc(Br)c2F)s1. The van der Waals surface area contributed by atoms with Gasteiger partial charge < -0.3 is 10.3 Å². The molecule has 148 valence electrons. The molecule has 0 bridgehead atoms. The molecule has 4 rings (SSSR count). The molecule has 0 radical (unpaired) electrons. The molecular weight excluding hydrogens is 477 g/mol. The number of aryl methyl sites for hydroxylation is 1. The van der Waals surface area contributed by atoms with Crippen molar-refractivity contribution in [1.82, 2.24) is 20.2 Å². The molecular formula is C19H15BrFN5OS2. The number of fused-ring (bicyclic) bond motifs is 1. The summed E-state index contributed by atoms with van der Waals surface area (Å²) in [5, 5.41) is 11.2. The molecule has 4 aromatic rings. The average molecular weight is 492 g/mol. The third-order valence-electron chi connectivity index (χ3n) is 4.06. The molecule has 2 N–H and O–H groups in total. The quantitative estimate of drug-likeness (QED) is 0.275. The molecule has 0 saturated carbocycles. The maximum Gasteiger partial charge on any atom is 0.226 e. The maximum atomic E-state index is 14.0. The van der Waals surface area contributed by atoms with Gasteiger partial charge in [-0.15, -0.1) is 10.2 Å². The highest BCUT2D eigenvalue weighted by atomic mass is 79.9. The van der Waals surface area contributed by atoms with Crippen LogP contribution >= 0.6 is 39.0 Å². The Bertz CT molecular complexity index is 1130. The van der Waals surface area contributed by atoms with Gasteiger partial charge in [-0.3, -0.25) is 4.79 Å². The minimum Gasteiger partial charge on any atom is -0.342 e. The van der Waals surface area contributed by atoms with Crippen molar-refractivity contribution in [3.8, 4) is 0 Å². The van der Waals surface area contributed by atoms with Gasteiger partial charge >= 0.3 is 0 Å². The van der Waals surface area contributed by atoms with E-state index < -0.39 is 0 Å². The second-order valence-corrected chi connectivity index (χ2v) is 9.18. The van der Waals surface area contributed by atoms with E-state index in [0.717, 1.165) is 16.9 Å². The summed E-state index contributed by atoms with van der Waals surface area (Å²) in [6, 6.07) is 12.9. The van der Waals surface area contributed by atoms with Crippen molar-refractivity contribution >= 4 is 61.1 Å². The molecule has 0 aliphatic rings. The van der Waals surface area contributed by atoms with Crippen LogP contribution in [-0.2, 0) is 17.0 Å². The highest BCUT2D eigenvalue weighted by Gasteiger charge is 2.12. The van der Waals surface area contributed by atoms with Crippen LogP contribution in [0.5, 0.6) is 0 Å². The molecule has 1 amide bonds. The Morgan fingerprint density at radius 2 is 2.07 bits per heavy atom. The topological polar surface area (TPSA) is 83.6 Å². The van der Waals surface area contributed by atoms with Gasteiger partial charge in [0.25, 0.3) is 0 Å². The number of anilines is 1. The largest absolute Gasteiger partial charge is 0.342 e. The van der Waals surface area contributed by atoms with Crippen LogP contribution in [0.25, 0.3) is 11.0 Å². The summed E-state index contributed by atoms with van der Waals surface area (Å²) in [5.74, 6) is 0.769. The van der Waals surface area contributed by atoms with E-state index in [0.29, 0.717) is 31.7 Å². The van der Waals surface area contributed by atoms with Crippen LogP contribution < -0.4 is 5.32 Å². The number of nitrogens with zero attached hydrogens (tertiary/aromatic N) is 3. The lowest BCUT2D eigenvalue weighted by Crippen LogP contribution is -2.12. The Kier molecular flexibility index (Phi) is 6.22. The normalized spacial score (nSPS) is 11.1. The number of aromatic nitrogens is 4. The number of H-pyrrole nitrogens is 1. The van der Waals surface area contributed by atoms with E-state index >= 15 is 0 Å². The van der Waals surface area contributed by atoms with Crippen LogP contribution in [0.2, 0.25) is 0 Å². The second kappa shape index (κ2) is 9.02. The molecule has 0 aliphatic carbocycles. The Hall–Kier alpha value is -2.30. The monoisotopic (exact) mass is 491 g/mol. The molecule has 0 spiro atoms. The van der Waals surface area contributed by atoms with E-state index in [2.05, 4.69) is 41.4 Å². The number of carbonyl (C=O) groups is 1. The molecule has 2 aromatic carbocycles. The highest BCUT2D eigenvalue weighted by molar-refractivity contribution is 9.10. The summed E-state index contributed by atoms with van der Waals surface area (Å²) < 4.78 is 15.1. The smallest absolute Gasteiger partial charge is 0.226 e. The lowest BCUT2D eigenvalue weighted by Gasteiger charge is -2.02. The molecule has 0 aliphatic heterocycles. The summed E-state index contributed by atoms with van der Waals surface area (Å²) in [6.07, 6.45) is 0.786. The van der Waals surface area contributed by atoms with Crippen molar-refractivity contribution < 1.29 is 9.18 Å². The van der Waals surface area contributed by atoms with Crippen LogP contribution in [0.3, 0.4) is 0 Å². The van der Waals surface area contributed by atoms with Gasteiger partial charge in [0.15, 0.2) is 4.34 Å². The highest BCUT2D eigenvalue weighted by Crippen LogP contribution is 2.30. The Morgan fingerprint density at radius 3 is 2.93 bits per heavy atom. The minimum atomic E-state index is -0.274. The third kappa shape index (κ3) is 5.01. The number of hydrogen-bond donors (Lipinski definition) is 2. The Morgan fingerprint density at radius 1 is 1.21 bits per heavy atom. The zero-order valence-corrected chi connectivity index (χ0v) is 18.2. The van der Waals surface area contributed by atoms with Gasteiger partial charge in [0, 0.05) is 18.6 Å². The summed E-state index contributed by atoms with van der Waals surface area (Å²) in [6.45, 7) is 0. The average Bonchev–Trinajstić information content (AvgIpc) is 3.34. The maximum absolute atomic E-state index is 14.0. The first-order chi connectivity index (χ1) is 14.1. The van der Waals surface area contributed by atoms with E-state index in [1.807, 2.05) is 24.3 Å². The van der Waals surface area contributed by atoms with Gasteiger partial charge in [-0.05, 0) is 39.7 Å². The molecule has 0 unspecified atom stereocenters. The number of imidazole rings is 1. The predicted octanol–water partition coefficient (Wildman–Crippen LogP) is 5.18. The number of rotatable bonds is 7. The van der Waals surface area contributed by atoms with Gasteiger partial charge in [0.1, 0.15) is 11.6 Å². The molecule has 0 saturated heterocycles. The Balaban J connectivity index is 1.29. The predicted molar refractivity (Wildman–Crippen MR) is 117 cm³/mol. The number of thioether (sulfide) groups is 1. The summed E-state index contributed by atoms with van der Waals surface area (Å²) in [7, 11) is 0. The van der Waals surface area contributed by atoms with E-state index in [1.54, 1.807) is 18.2 Å². The first-order valence-electron chi connectivity index (χ1n) is 8.71. The summed E-state index contributed by atoms with van der Waals surface area (Å²) in [4.78, 5) is 19.9. The zero-order valence-electron chi connectivity index (χ0n) is 15.0. The Labute approximate surface area is 182 Å². The van der Waals surface area contributed by atoms with Crippen molar-refractivity contribution in [2.24, 2.45) is 0 Å². The fraction of sp³-hybridized carbons (Fsp3) is 0.158. The summed E-state index contributed by atoms with van der Waals surface area (Å²) >= 11 is 5.82. The lowest BCUT2D eigenvalue weighted by atomic mass is 10.2. The first kappa shape index (κ1) is 20.0. The summed E-state index contributed by atoms with van der Waals surface area (Å²) in [5.41, 5.74) is 2.42. The molecule has 10 heteroatoms. The van der Waals surface area contributed by atoms with Crippen molar-refractivity contribution in [3.05, 3.63) is 64.1 Å². The van der Waals surface area contributed by atoms with Crippen molar-refractivity contribution in [2.45, 2.75) is 22.9 Å². The molecule has 0 atom stereocenters. The van der Waals surface area contributed by atoms with Crippen LogP contribution in [0.4, 0.5) is 9.52 Å². The van der Waals surface area contributed by atoms with Gasteiger partial charge in [-0.2, -0.15) is 0 Å². The first-order valence-corrected chi connectivity index (χ1v) is 11.3. The molecule has 29 heavy (non-hydrogen) atoms. The zero-order chi connectivity index (χ0) is 20.2. The second-order valence-electron chi connectivity index (χ2n) is 6.12. The fourth-order valence-electron chi connectivity index (χ4n) is 2.66. The van der Waals surface area contributed by atoms with E-state index in [9.17, 15) is 9.18 Å². The van der Waals surface area contributed by atoms with Gasteiger partial charge in [0.2, 0.25) is 11.0 Å². The van der Waals surface area contributed by atoms with E-state index in [1.165, 1.54) is 23.1 Å². The standard InChI is InChI=1S/C19H15BrFN5OS2/c20-12-5-3-4-11(17(12)21)10-28-19-26-25-18(29-19)24-16(27)9-8-15-22-13-6-1-2-7-14(13)23-15/h1-7H,8-10H2,(H,22,23)(H,24,25,27). The van der Waals surface area contributed by atoms with Crippen molar-refractivity contribution in [2.75, 3.05) is 5.32 Å². The number of hydrogen-bond acceptors (Lipinski definition) is 6. The number of amides is 1. The number of para-hydroxylation sites is 2. The van der Waals surface area contributed by atoms with Crippen molar-refractivity contribution in [3.63, 3.8) is 0 Å². The van der Waals surface area contributed by atoms with Gasteiger partial charge in [-0.25, -0.2) is 9.37 Å². The molecule has 2 aromatic heterocycles. The fourth-order valence-corrected chi connectivity index (χ4v) is 4.81. The number of benzene rings is 2. The van der Waals surface area contributed by atoms with Gasteiger partial charge in [0.05, 0.1) is 15.5 Å². The van der Waals surface area contributed by atoms with E-state index in [-0.39, 0.29) is 18.1 Å². The van der Waals surface area contributed by atoms with Crippen LogP contribution in [-0.4, -0.2) is 26.1 Å². The number of halogens is 2. The third-order valence-corrected chi connectivity index (χ3v) is 6.70. The van der Waals surface area contributed by atoms with Crippen LogP contribution in [0.1, 0.15) is 17.8 Å². The lowest BCUT2D eigenvalue weighted by molar-refractivity contribution is -0.116. The van der Waals surface area contributed by atoms with E-state index in [4.69, 9.17) is 0 Å². The van der Waals surface area contributed by atoms with Crippen LogP contribution in [0, 0.1) is 5.82 Å². The molecule has 6 nitrogen and oxygen atoms in total. The number of aromatic amines is 1. The molecule has 0 fully saturated rings. The number of carbonyl (C=O) groups excluding carboxylic acids is 1. The minimum absolute atomic E-state index is 0.156. The van der Waals surface area contributed by atoms with Crippen LogP contribution in [0.15, 0.2) is 51.3 Å². The van der Waals surface area contributed by atoms with Crippen molar-refractivity contribution in [1.29, 1.82) is 0 Å². The number of nitrogens with one attached hydrogen (secondary N) is 2. The molecule has 2 heterocycles.